The number of hydrogen-bond acceptors (Lipinski definition) is 6. The monoisotopic (exact) mass is 421 g/mol. The highest BCUT2D eigenvalue weighted by atomic mass is 32.1. The molecule has 0 saturated heterocycles. The summed E-state index contributed by atoms with van der Waals surface area (Å²) in [6, 6.07) is 7.27. The lowest BCUT2D eigenvalue weighted by molar-refractivity contribution is 0.208. The lowest BCUT2D eigenvalue weighted by Crippen LogP contribution is -2.44. The third-order valence-electron chi connectivity index (χ3n) is 4.11. The van der Waals surface area contributed by atoms with E-state index in [-0.39, 0.29) is 23.2 Å². The second kappa shape index (κ2) is 10.6. The number of anilines is 3. The molecule has 9 nitrogen and oxygen atoms in total. The number of nitrogens with one attached hydrogen (secondary N) is 2. The van der Waals surface area contributed by atoms with Crippen LogP contribution in [0.25, 0.3) is 0 Å². The largest absolute Gasteiger partial charge is 0.494 e. The number of H-pyrrole nitrogens is 1. The standard InChI is InChI=1S/C19H27N5O4S/c1-4-10-24-16(20)15(17(25)22-18(24)26)23(11-12-27-3)19(29)21-13-6-8-14(9-7-13)28-5-2/h6-9H,4-5,10-12,20H2,1-3H3,(H,21,29)(H,22,25,26). The number of thiocarbonyl (C=S) groups is 1. The summed E-state index contributed by atoms with van der Waals surface area (Å²) in [5.41, 5.74) is 5.86. The number of nitrogens with zero attached hydrogens (tertiary/aromatic N) is 2. The van der Waals surface area contributed by atoms with Crippen molar-refractivity contribution >= 4 is 34.5 Å². The van der Waals surface area contributed by atoms with Crippen molar-refractivity contribution in [3.8, 4) is 5.75 Å². The van der Waals surface area contributed by atoms with Gasteiger partial charge in [-0.3, -0.25) is 14.3 Å². The van der Waals surface area contributed by atoms with Crippen LogP contribution in [0.4, 0.5) is 17.2 Å². The van der Waals surface area contributed by atoms with E-state index >= 15 is 0 Å². The van der Waals surface area contributed by atoms with Crippen LogP contribution < -0.4 is 31.9 Å². The molecular formula is C19H27N5O4S. The van der Waals surface area contributed by atoms with Crippen LogP contribution in [-0.2, 0) is 11.3 Å². The van der Waals surface area contributed by atoms with Gasteiger partial charge in [-0.25, -0.2) is 4.79 Å². The average molecular weight is 422 g/mol. The number of methoxy groups -OCH3 is 1. The number of nitrogen functional groups attached to an aromatic ring is 1. The Morgan fingerprint density at radius 3 is 2.55 bits per heavy atom. The molecule has 158 valence electrons. The highest BCUT2D eigenvalue weighted by molar-refractivity contribution is 7.80. The number of aromatic amines is 1. The fraction of sp³-hybridized carbons (Fsp3) is 0.421. The molecule has 10 heteroatoms. The minimum absolute atomic E-state index is 0.0625. The third-order valence-corrected chi connectivity index (χ3v) is 4.43. The fourth-order valence-corrected chi connectivity index (χ4v) is 3.07. The molecule has 2 aromatic rings. The zero-order valence-corrected chi connectivity index (χ0v) is 17.7. The Morgan fingerprint density at radius 1 is 1.28 bits per heavy atom. The molecule has 29 heavy (non-hydrogen) atoms. The van der Waals surface area contributed by atoms with Gasteiger partial charge in [0.05, 0.1) is 13.2 Å². The number of aromatic nitrogens is 2. The molecule has 0 bridgehead atoms. The number of rotatable bonds is 9. The second-order valence-electron chi connectivity index (χ2n) is 6.18. The van der Waals surface area contributed by atoms with Crippen LogP contribution in [0.2, 0.25) is 0 Å². The van der Waals surface area contributed by atoms with Crippen LogP contribution in [-0.4, -0.2) is 41.5 Å². The molecule has 0 unspecified atom stereocenters. The van der Waals surface area contributed by atoms with Crippen molar-refractivity contribution in [2.45, 2.75) is 26.8 Å². The number of nitrogens with two attached hydrogens (primary N) is 1. The predicted molar refractivity (Wildman–Crippen MR) is 119 cm³/mol. The van der Waals surface area contributed by atoms with Crippen LogP contribution >= 0.6 is 12.2 Å². The predicted octanol–water partition coefficient (Wildman–Crippen LogP) is 1.78. The molecule has 0 aliphatic rings. The number of ether oxygens (including phenoxy) is 2. The van der Waals surface area contributed by atoms with Gasteiger partial charge in [0.25, 0.3) is 5.56 Å². The third kappa shape index (κ3) is 5.58. The molecule has 0 radical (unpaired) electrons. The van der Waals surface area contributed by atoms with E-state index in [1.54, 1.807) is 7.11 Å². The lowest BCUT2D eigenvalue weighted by Gasteiger charge is -2.27. The molecule has 0 spiro atoms. The van der Waals surface area contributed by atoms with E-state index in [9.17, 15) is 9.59 Å². The van der Waals surface area contributed by atoms with E-state index in [1.165, 1.54) is 9.47 Å². The zero-order chi connectivity index (χ0) is 21.4. The van der Waals surface area contributed by atoms with Gasteiger partial charge < -0.3 is 25.4 Å². The molecule has 0 saturated carbocycles. The van der Waals surface area contributed by atoms with Crippen molar-refractivity contribution in [1.29, 1.82) is 0 Å². The van der Waals surface area contributed by atoms with E-state index in [1.807, 2.05) is 38.1 Å². The quantitative estimate of drug-likeness (QED) is 0.525. The Kier molecular flexibility index (Phi) is 8.22. The first-order chi connectivity index (χ1) is 13.9. The van der Waals surface area contributed by atoms with E-state index in [4.69, 9.17) is 27.4 Å². The first kappa shape index (κ1) is 22.4. The molecule has 0 fully saturated rings. The topological polar surface area (TPSA) is 115 Å². The van der Waals surface area contributed by atoms with Crippen LogP contribution in [0, 0.1) is 0 Å². The Labute approximate surface area is 174 Å². The minimum Gasteiger partial charge on any atom is -0.494 e. The maximum absolute atomic E-state index is 12.6. The van der Waals surface area contributed by atoms with Crippen molar-refractivity contribution in [2.75, 3.05) is 42.8 Å². The van der Waals surface area contributed by atoms with Gasteiger partial charge >= 0.3 is 5.69 Å². The highest BCUT2D eigenvalue weighted by Gasteiger charge is 2.22. The summed E-state index contributed by atoms with van der Waals surface area (Å²) >= 11 is 5.53. The molecule has 1 aromatic heterocycles. The van der Waals surface area contributed by atoms with Gasteiger partial charge in [-0.15, -0.1) is 0 Å². The minimum atomic E-state index is -0.605. The van der Waals surface area contributed by atoms with Gasteiger partial charge in [0.2, 0.25) is 0 Å². The summed E-state index contributed by atoms with van der Waals surface area (Å²) in [7, 11) is 1.55. The average Bonchev–Trinajstić information content (AvgIpc) is 2.69. The second-order valence-corrected chi connectivity index (χ2v) is 6.56. The van der Waals surface area contributed by atoms with Crippen molar-refractivity contribution in [2.24, 2.45) is 0 Å². The Morgan fingerprint density at radius 2 is 1.97 bits per heavy atom. The normalized spacial score (nSPS) is 10.6. The SMILES string of the molecule is CCCn1c(N)c(N(CCOC)C(=S)Nc2ccc(OCC)cc2)c(=O)[nH]c1=O. The molecule has 0 aliphatic heterocycles. The molecule has 0 atom stereocenters. The number of hydrogen-bond donors (Lipinski definition) is 3. The summed E-state index contributed by atoms with van der Waals surface area (Å²) in [5.74, 6) is 0.806. The molecule has 2 rings (SSSR count). The van der Waals surface area contributed by atoms with Crippen molar-refractivity contribution < 1.29 is 9.47 Å². The summed E-state index contributed by atoms with van der Waals surface area (Å²) in [4.78, 5) is 28.5. The molecule has 4 N–H and O–H groups in total. The maximum atomic E-state index is 12.6. The smallest absolute Gasteiger partial charge is 0.330 e. The Hall–Kier alpha value is -2.85. The van der Waals surface area contributed by atoms with Crippen molar-refractivity contribution in [3.05, 3.63) is 45.1 Å². The fourth-order valence-electron chi connectivity index (χ4n) is 2.77. The zero-order valence-electron chi connectivity index (χ0n) is 16.9. The summed E-state index contributed by atoms with van der Waals surface area (Å²) in [6.45, 7) is 5.36. The highest BCUT2D eigenvalue weighted by Crippen LogP contribution is 2.20. The Bertz CT molecular complexity index is 939. The van der Waals surface area contributed by atoms with E-state index in [0.29, 0.717) is 26.2 Å². The van der Waals surface area contributed by atoms with Gasteiger partial charge in [-0.1, -0.05) is 6.92 Å². The first-order valence-corrected chi connectivity index (χ1v) is 9.76. The van der Waals surface area contributed by atoms with Crippen molar-refractivity contribution in [1.82, 2.24) is 9.55 Å². The summed E-state index contributed by atoms with van der Waals surface area (Å²) in [6.07, 6.45) is 0.683. The molecule has 1 heterocycles. The van der Waals surface area contributed by atoms with Crippen molar-refractivity contribution in [3.63, 3.8) is 0 Å². The molecule has 1 aromatic carbocycles. The van der Waals surface area contributed by atoms with Gasteiger partial charge in [0.1, 0.15) is 11.6 Å². The van der Waals surface area contributed by atoms with E-state index in [0.717, 1.165) is 11.4 Å². The van der Waals surface area contributed by atoms with Gasteiger partial charge in [0, 0.05) is 25.9 Å². The van der Waals surface area contributed by atoms with Gasteiger partial charge in [-0.2, -0.15) is 0 Å². The summed E-state index contributed by atoms with van der Waals surface area (Å²) in [5, 5.41) is 3.34. The van der Waals surface area contributed by atoms with Crippen LogP contribution in [0.5, 0.6) is 5.75 Å². The Balaban J connectivity index is 2.38. The van der Waals surface area contributed by atoms with Crippen LogP contribution in [0.15, 0.2) is 33.9 Å². The lowest BCUT2D eigenvalue weighted by atomic mass is 10.3. The summed E-state index contributed by atoms with van der Waals surface area (Å²) < 4.78 is 11.9. The molecule has 0 amide bonds. The van der Waals surface area contributed by atoms with Crippen LogP contribution in [0.3, 0.4) is 0 Å². The van der Waals surface area contributed by atoms with E-state index < -0.39 is 11.2 Å². The molecule has 0 aliphatic carbocycles. The van der Waals surface area contributed by atoms with Gasteiger partial charge in [0.15, 0.2) is 10.8 Å². The van der Waals surface area contributed by atoms with Gasteiger partial charge in [-0.05, 0) is 49.8 Å². The van der Waals surface area contributed by atoms with E-state index in [2.05, 4.69) is 10.3 Å². The first-order valence-electron chi connectivity index (χ1n) is 9.35. The van der Waals surface area contributed by atoms with Crippen LogP contribution in [0.1, 0.15) is 20.3 Å². The number of benzene rings is 1. The molecular weight excluding hydrogens is 394 g/mol. The maximum Gasteiger partial charge on any atom is 0.330 e.